The average molecular weight is 346 g/mol. The van der Waals surface area contributed by atoms with E-state index in [2.05, 4.69) is 35.2 Å². The predicted octanol–water partition coefficient (Wildman–Crippen LogP) is 2.69. The molecule has 0 N–H and O–H groups in total. The third-order valence-corrected chi connectivity index (χ3v) is 7.07. The summed E-state index contributed by atoms with van der Waals surface area (Å²) in [4.78, 5) is 2.47. The van der Waals surface area contributed by atoms with Gasteiger partial charge in [-0.3, -0.25) is 0 Å². The Morgan fingerprint density at radius 2 is 1.57 bits per heavy atom. The van der Waals surface area contributed by atoms with Crippen LogP contribution in [0.15, 0.2) is 54.6 Å². The summed E-state index contributed by atoms with van der Waals surface area (Å²) in [5, 5.41) is 0.692. The fourth-order valence-electron chi connectivity index (χ4n) is 2.84. The second kappa shape index (κ2) is 7.13. The van der Waals surface area contributed by atoms with Gasteiger partial charge >= 0.3 is 131 Å². The molecule has 2 nitrogen and oxygen atoms in total. The normalized spacial score (nSPS) is 17.0. The number of rotatable bonds is 5. The Morgan fingerprint density at radius 3 is 2.33 bits per heavy atom. The van der Waals surface area contributed by atoms with Gasteiger partial charge in [0.05, 0.1) is 0 Å². The molecular formula is C18H21NOSe. The minimum absolute atomic E-state index is 0.692. The Kier molecular flexibility index (Phi) is 4.97. The third-order valence-electron chi connectivity index (χ3n) is 3.95. The molecule has 1 unspecified atom stereocenters. The van der Waals surface area contributed by atoms with Crippen LogP contribution in [0.2, 0.25) is 0 Å². The zero-order valence-corrected chi connectivity index (χ0v) is 13.9. The Hall–Kier alpha value is -1.28. The summed E-state index contributed by atoms with van der Waals surface area (Å²) in [5.74, 6) is 0. The number of nitrogens with zero attached hydrogens (tertiary/aromatic N) is 1. The van der Waals surface area contributed by atoms with E-state index in [1.807, 2.05) is 24.3 Å². The van der Waals surface area contributed by atoms with Gasteiger partial charge in [-0.2, -0.15) is 0 Å². The maximum atomic E-state index is 12.8. The van der Waals surface area contributed by atoms with Crippen molar-refractivity contribution < 1.29 is 3.83 Å². The van der Waals surface area contributed by atoms with Crippen molar-refractivity contribution in [3.05, 3.63) is 65.7 Å². The van der Waals surface area contributed by atoms with E-state index < -0.39 is 13.8 Å². The number of hydrogen-bond acceptors (Lipinski definition) is 2. The third kappa shape index (κ3) is 3.88. The first-order valence-corrected chi connectivity index (χ1v) is 10.3. The molecule has 21 heavy (non-hydrogen) atoms. The van der Waals surface area contributed by atoms with Gasteiger partial charge in [0.15, 0.2) is 0 Å². The summed E-state index contributed by atoms with van der Waals surface area (Å²) in [5.41, 5.74) is 2.43. The molecule has 1 atom stereocenters. The van der Waals surface area contributed by atoms with E-state index in [0.29, 0.717) is 5.32 Å². The molecular weight excluding hydrogens is 325 g/mol. The van der Waals surface area contributed by atoms with E-state index in [0.717, 1.165) is 11.0 Å². The number of hydrogen-bond donors (Lipinski definition) is 0. The topological polar surface area (TPSA) is 20.3 Å². The quantitative estimate of drug-likeness (QED) is 0.776. The Bertz CT molecular complexity index is 606. The minimum atomic E-state index is -2.01. The fraction of sp³-hybridized carbons (Fsp3) is 0.333. The van der Waals surface area contributed by atoms with Gasteiger partial charge < -0.3 is 0 Å². The van der Waals surface area contributed by atoms with Crippen molar-refractivity contribution in [2.45, 2.75) is 24.7 Å². The molecule has 0 saturated carbocycles. The molecule has 1 aliphatic rings. The van der Waals surface area contributed by atoms with Crippen molar-refractivity contribution in [1.82, 2.24) is 4.90 Å². The van der Waals surface area contributed by atoms with Crippen LogP contribution in [0.3, 0.4) is 0 Å². The molecule has 1 saturated heterocycles. The molecule has 1 heterocycles. The van der Waals surface area contributed by atoms with Crippen LogP contribution >= 0.6 is 0 Å². The number of benzene rings is 2. The first kappa shape index (κ1) is 14.6. The van der Waals surface area contributed by atoms with E-state index in [-0.39, 0.29) is 0 Å². The number of likely N-dealkylation sites (tertiary alicyclic amines) is 1. The van der Waals surface area contributed by atoms with Crippen molar-refractivity contribution in [1.29, 1.82) is 0 Å². The molecule has 2 aromatic rings. The van der Waals surface area contributed by atoms with Crippen LogP contribution in [0, 0.1) is 0 Å². The molecule has 0 spiro atoms. The summed E-state index contributed by atoms with van der Waals surface area (Å²) in [7, 11) is 0. The molecule has 2 aromatic carbocycles. The fourth-order valence-corrected chi connectivity index (χ4v) is 5.58. The first-order valence-electron chi connectivity index (χ1n) is 7.55. The SMILES string of the molecule is O=[Se](Cc1ccccc1)c1ccccc1CN1CCCC1. The summed E-state index contributed by atoms with van der Waals surface area (Å²) in [6.45, 7) is 3.31. The van der Waals surface area contributed by atoms with Crippen LogP contribution in [0.4, 0.5) is 0 Å². The van der Waals surface area contributed by atoms with Crippen molar-refractivity contribution >= 4 is 18.3 Å². The summed E-state index contributed by atoms with van der Waals surface area (Å²) < 4.78 is 13.9. The summed E-state index contributed by atoms with van der Waals surface area (Å²) >= 11 is -2.01. The van der Waals surface area contributed by atoms with Crippen LogP contribution in [0.1, 0.15) is 24.0 Å². The molecule has 0 aromatic heterocycles. The molecule has 3 heteroatoms. The zero-order chi connectivity index (χ0) is 14.5. The van der Waals surface area contributed by atoms with Gasteiger partial charge in [-0.15, -0.1) is 0 Å². The van der Waals surface area contributed by atoms with Gasteiger partial charge in [0.25, 0.3) is 0 Å². The Balaban J connectivity index is 1.76. The molecule has 0 radical (unpaired) electrons. The van der Waals surface area contributed by atoms with Crippen LogP contribution in [-0.4, -0.2) is 31.8 Å². The summed E-state index contributed by atoms with van der Waals surface area (Å²) in [6, 6.07) is 18.5. The van der Waals surface area contributed by atoms with Gasteiger partial charge in [-0.05, 0) is 0 Å². The second-order valence-corrected chi connectivity index (χ2v) is 8.54. The van der Waals surface area contributed by atoms with Gasteiger partial charge in [0.1, 0.15) is 0 Å². The van der Waals surface area contributed by atoms with Crippen molar-refractivity contribution in [2.75, 3.05) is 13.1 Å². The Labute approximate surface area is 130 Å². The standard InChI is InChI=1S/C18H21NOSe/c20-21(15-16-8-2-1-3-9-16)18-11-5-4-10-17(18)14-19-12-6-7-13-19/h1-5,8-11H,6-7,12-15H2. The van der Waals surface area contributed by atoms with E-state index >= 15 is 0 Å². The second-order valence-electron chi connectivity index (χ2n) is 5.57. The van der Waals surface area contributed by atoms with Gasteiger partial charge in [0, 0.05) is 0 Å². The predicted molar refractivity (Wildman–Crippen MR) is 87.2 cm³/mol. The van der Waals surface area contributed by atoms with Crippen molar-refractivity contribution in [3.8, 4) is 0 Å². The van der Waals surface area contributed by atoms with Crippen LogP contribution in [0.5, 0.6) is 0 Å². The van der Waals surface area contributed by atoms with E-state index in [1.54, 1.807) is 0 Å². The average Bonchev–Trinajstić information content (AvgIpc) is 3.02. The monoisotopic (exact) mass is 347 g/mol. The molecule has 1 fully saturated rings. The van der Waals surface area contributed by atoms with Gasteiger partial charge in [0.2, 0.25) is 0 Å². The van der Waals surface area contributed by atoms with Crippen molar-refractivity contribution in [2.24, 2.45) is 0 Å². The van der Waals surface area contributed by atoms with E-state index in [9.17, 15) is 3.83 Å². The molecule has 1 aliphatic heterocycles. The van der Waals surface area contributed by atoms with Crippen LogP contribution < -0.4 is 4.46 Å². The van der Waals surface area contributed by atoms with E-state index in [1.165, 1.54) is 37.1 Å². The van der Waals surface area contributed by atoms with Crippen molar-refractivity contribution in [3.63, 3.8) is 0 Å². The molecule has 0 aliphatic carbocycles. The Morgan fingerprint density at radius 1 is 0.905 bits per heavy atom. The summed E-state index contributed by atoms with van der Waals surface area (Å²) in [6.07, 6.45) is 2.59. The molecule has 110 valence electrons. The molecule has 0 amide bonds. The van der Waals surface area contributed by atoms with E-state index in [4.69, 9.17) is 0 Å². The molecule has 3 rings (SSSR count). The maximum absolute atomic E-state index is 12.8. The molecule has 0 bridgehead atoms. The van der Waals surface area contributed by atoms with Crippen LogP contribution in [-0.2, 0) is 15.7 Å². The van der Waals surface area contributed by atoms with Gasteiger partial charge in [-0.1, -0.05) is 0 Å². The van der Waals surface area contributed by atoms with Gasteiger partial charge in [-0.25, -0.2) is 0 Å². The zero-order valence-electron chi connectivity index (χ0n) is 12.2. The first-order chi connectivity index (χ1) is 10.3. The van der Waals surface area contributed by atoms with Crippen LogP contribution in [0.25, 0.3) is 0 Å².